The average molecular weight is 281 g/mol. The fraction of sp³-hybridized carbons (Fsp3) is 0. The predicted molar refractivity (Wildman–Crippen MR) is 59.3 cm³/mol. The Balaban J connectivity index is 0.000000963. The van der Waals surface area contributed by atoms with Crippen molar-refractivity contribution >= 4 is 10.8 Å². The second kappa shape index (κ2) is 4.94. The topological polar surface area (TPSA) is 13.1 Å². The average Bonchev–Trinajstić information content (AvgIpc) is 2.82. The molecule has 75 valence electrons. The molecule has 2 aromatic carbocycles. The molecule has 0 amide bonds. The second-order valence-corrected chi connectivity index (χ2v) is 3.38. The molecule has 2 heteroatoms. The molecule has 1 aromatic heterocycles. The molecule has 3 aromatic rings. The molecular weight excluding hydrogens is 273 g/mol. The van der Waals surface area contributed by atoms with Crippen LogP contribution in [0.4, 0.5) is 0 Å². The van der Waals surface area contributed by atoms with Crippen LogP contribution in [0.1, 0.15) is 0 Å². The van der Waals surface area contributed by atoms with E-state index < -0.39 is 0 Å². The van der Waals surface area contributed by atoms with E-state index in [0.29, 0.717) is 0 Å². The van der Waals surface area contributed by atoms with Crippen LogP contribution in [0.3, 0.4) is 0 Å². The van der Waals surface area contributed by atoms with E-state index in [4.69, 9.17) is 4.42 Å². The smallest absolute Gasteiger partial charge is 0 e. The zero-order valence-electron chi connectivity index (χ0n) is 8.60. The molecule has 0 bridgehead atoms. The van der Waals surface area contributed by atoms with Gasteiger partial charge in [-0.3, -0.25) is 0 Å². The first-order valence-electron chi connectivity index (χ1n) is 4.80. The maximum absolute atomic E-state index is 4.97. The van der Waals surface area contributed by atoms with Crippen molar-refractivity contribution in [3.8, 4) is 11.1 Å². The van der Waals surface area contributed by atoms with Gasteiger partial charge in [-0.1, -0.05) is 18.2 Å². The summed E-state index contributed by atoms with van der Waals surface area (Å²) in [5.41, 5.74) is 1.99. The van der Waals surface area contributed by atoms with Crippen LogP contribution in [-0.2, 0) is 32.7 Å². The molecule has 3 rings (SSSR count). The van der Waals surface area contributed by atoms with E-state index in [1.54, 1.807) is 6.26 Å². The molecule has 0 saturated heterocycles. The van der Waals surface area contributed by atoms with Crippen LogP contribution in [-0.4, -0.2) is 0 Å². The molecule has 1 nitrogen and oxygen atoms in total. The predicted octanol–water partition coefficient (Wildman–Crippen LogP) is 3.70. The van der Waals surface area contributed by atoms with Crippen molar-refractivity contribution < 1.29 is 37.1 Å². The van der Waals surface area contributed by atoms with Gasteiger partial charge in [0.05, 0.1) is 0 Å². The molecule has 0 atom stereocenters. The van der Waals surface area contributed by atoms with Crippen molar-refractivity contribution in [2.45, 2.75) is 0 Å². The van der Waals surface area contributed by atoms with Crippen molar-refractivity contribution in [3.63, 3.8) is 0 Å². The van der Waals surface area contributed by atoms with Gasteiger partial charge in [0.2, 0.25) is 0 Å². The maximum Gasteiger partial charge on any atom is 0 e. The molecule has 0 fully saturated rings. The van der Waals surface area contributed by atoms with E-state index in [9.17, 15) is 0 Å². The summed E-state index contributed by atoms with van der Waals surface area (Å²) < 4.78 is 4.97. The number of hydrogen-bond donors (Lipinski definition) is 0. The van der Waals surface area contributed by atoms with Gasteiger partial charge in [0.15, 0.2) is 0 Å². The molecule has 0 aliphatic heterocycles. The van der Waals surface area contributed by atoms with Crippen molar-refractivity contribution in [2.24, 2.45) is 0 Å². The zero-order valence-corrected chi connectivity index (χ0v) is 11.4. The molecule has 0 saturated carbocycles. The first-order valence-corrected chi connectivity index (χ1v) is 4.80. The Labute approximate surface area is 119 Å². The van der Waals surface area contributed by atoms with Crippen LogP contribution in [0.15, 0.2) is 53.1 Å². The van der Waals surface area contributed by atoms with E-state index in [0.717, 1.165) is 11.1 Å². The summed E-state index contributed by atoms with van der Waals surface area (Å²) in [6.07, 6.45) is 4.47. The van der Waals surface area contributed by atoms with Crippen LogP contribution in [0.2, 0.25) is 0 Å². The summed E-state index contributed by atoms with van der Waals surface area (Å²) in [5.74, 6) is 0. The van der Waals surface area contributed by atoms with E-state index in [2.05, 4.69) is 30.5 Å². The third kappa shape index (κ3) is 1.98. The summed E-state index contributed by atoms with van der Waals surface area (Å²) in [6.45, 7) is 0. The maximum atomic E-state index is 4.97. The van der Waals surface area contributed by atoms with Crippen molar-refractivity contribution in [3.05, 3.63) is 61.1 Å². The van der Waals surface area contributed by atoms with Crippen LogP contribution < -0.4 is 0 Å². The minimum atomic E-state index is 0. The monoisotopic (exact) mass is 281 g/mol. The first kappa shape index (κ1) is 11.6. The Kier molecular flexibility index (Phi) is 3.57. The quantitative estimate of drug-likeness (QED) is 0.620. The van der Waals surface area contributed by atoms with Gasteiger partial charge in [-0.2, -0.15) is 23.8 Å². The van der Waals surface area contributed by atoms with Crippen molar-refractivity contribution in [1.29, 1.82) is 0 Å². The van der Waals surface area contributed by atoms with Crippen LogP contribution >= 0.6 is 0 Å². The van der Waals surface area contributed by atoms with Gasteiger partial charge in [-0.05, 0) is 12.5 Å². The summed E-state index contributed by atoms with van der Waals surface area (Å²) in [6, 6.07) is 17.3. The molecular formula is C14H8OY-2. The Morgan fingerprint density at radius 2 is 1.88 bits per heavy atom. The van der Waals surface area contributed by atoms with Gasteiger partial charge in [0.25, 0.3) is 0 Å². The number of fused-ring (bicyclic) bond motifs is 1. The summed E-state index contributed by atoms with van der Waals surface area (Å²) in [4.78, 5) is 0. The Hall–Kier alpha value is -0.916. The van der Waals surface area contributed by atoms with Crippen LogP contribution in [0.5, 0.6) is 0 Å². The fourth-order valence-electron chi connectivity index (χ4n) is 1.75. The number of furan rings is 1. The molecule has 0 unspecified atom stereocenters. The van der Waals surface area contributed by atoms with Gasteiger partial charge >= 0.3 is 0 Å². The van der Waals surface area contributed by atoms with Gasteiger partial charge in [0.1, 0.15) is 0 Å². The molecule has 0 spiro atoms. The Morgan fingerprint density at radius 3 is 2.69 bits per heavy atom. The summed E-state index contributed by atoms with van der Waals surface area (Å²) >= 11 is 0. The van der Waals surface area contributed by atoms with Gasteiger partial charge in [-0.15, -0.1) is 22.9 Å². The minimum absolute atomic E-state index is 0. The van der Waals surface area contributed by atoms with E-state index in [-0.39, 0.29) is 32.7 Å². The number of rotatable bonds is 1. The number of benzene rings is 2. The second-order valence-electron chi connectivity index (χ2n) is 3.38. The molecule has 1 radical (unpaired) electrons. The Bertz CT molecular complexity index is 579. The largest absolute Gasteiger partial charge is 0.576 e. The van der Waals surface area contributed by atoms with Gasteiger partial charge in [0, 0.05) is 32.7 Å². The van der Waals surface area contributed by atoms with E-state index >= 15 is 0 Å². The standard InChI is InChI=1S/C14H8O.Y/c1-2-6-13-11(4-1)5-3-7-14(13)12-8-9-15-10-12;/h1-6,8-9H;/q-2;. The summed E-state index contributed by atoms with van der Waals surface area (Å²) in [7, 11) is 0. The van der Waals surface area contributed by atoms with Crippen LogP contribution in [0, 0.1) is 12.3 Å². The zero-order chi connectivity index (χ0) is 10.1. The fourth-order valence-corrected chi connectivity index (χ4v) is 1.75. The molecule has 1 heterocycles. The molecule has 0 aliphatic rings. The molecule has 16 heavy (non-hydrogen) atoms. The Morgan fingerprint density at radius 1 is 1.00 bits per heavy atom. The molecule has 0 aliphatic carbocycles. The van der Waals surface area contributed by atoms with E-state index in [1.807, 2.05) is 24.3 Å². The normalized spacial score (nSPS) is 10.0. The van der Waals surface area contributed by atoms with Gasteiger partial charge in [-0.25, -0.2) is 5.56 Å². The third-order valence-electron chi connectivity index (χ3n) is 2.46. The first-order chi connectivity index (χ1) is 7.45. The van der Waals surface area contributed by atoms with E-state index in [1.165, 1.54) is 10.8 Å². The van der Waals surface area contributed by atoms with Gasteiger partial charge < -0.3 is 4.42 Å². The number of hydrogen-bond acceptors (Lipinski definition) is 1. The third-order valence-corrected chi connectivity index (χ3v) is 2.46. The van der Waals surface area contributed by atoms with Crippen molar-refractivity contribution in [2.75, 3.05) is 0 Å². The minimum Gasteiger partial charge on any atom is -0.576 e. The van der Waals surface area contributed by atoms with Crippen LogP contribution in [0.25, 0.3) is 21.9 Å². The summed E-state index contributed by atoms with van der Waals surface area (Å²) in [5, 5.41) is 2.39. The SMILES string of the molecule is [Y].[c-]1occc1-c1[c-]ccc2ccccc12. The van der Waals surface area contributed by atoms with Crippen molar-refractivity contribution in [1.82, 2.24) is 0 Å². The molecule has 0 N–H and O–H groups in total.